The Labute approximate surface area is 132 Å². The van der Waals surface area contributed by atoms with Crippen molar-refractivity contribution in [2.75, 3.05) is 7.11 Å². The number of halogens is 1. The summed E-state index contributed by atoms with van der Waals surface area (Å²) in [6, 6.07) is 3.21. The molecule has 0 saturated heterocycles. The van der Waals surface area contributed by atoms with Gasteiger partial charge in [-0.1, -0.05) is 27.3 Å². The van der Waals surface area contributed by atoms with Gasteiger partial charge in [0.2, 0.25) is 0 Å². The molecule has 0 aliphatic rings. The van der Waals surface area contributed by atoms with Crippen molar-refractivity contribution >= 4 is 38.3 Å². The second-order valence-electron chi connectivity index (χ2n) is 4.50. The Balaban J connectivity index is 2.22. The maximum atomic E-state index is 12.3. The Morgan fingerprint density at radius 2 is 2.24 bits per heavy atom. The van der Waals surface area contributed by atoms with Gasteiger partial charge in [0, 0.05) is 10.7 Å². The summed E-state index contributed by atoms with van der Waals surface area (Å²) in [5.74, 6) is 0.398. The number of phenolic OH excluding ortho intramolecular Hbond substituents is 1. The molecule has 2 aromatic heterocycles. The van der Waals surface area contributed by atoms with E-state index < -0.39 is 0 Å². The SMILES string of the molecule is COc1cc(/C=c2\sc3nc(C)cn3c2=O)c(Br)cc1O. The lowest BCUT2D eigenvalue weighted by Gasteiger charge is -2.05. The second-order valence-corrected chi connectivity index (χ2v) is 6.36. The summed E-state index contributed by atoms with van der Waals surface area (Å²) in [4.78, 5) is 17.2. The van der Waals surface area contributed by atoms with Crippen LogP contribution in [0.5, 0.6) is 11.5 Å². The number of phenols is 1. The molecule has 0 amide bonds. The van der Waals surface area contributed by atoms with Crippen LogP contribution in [0.2, 0.25) is 0 Å². The van der Waals surface area contributed by atoms with E-state index in [9.17, 15) is 9.90 Å². The van der Waals surface area contributed by atoms with Gasteiger partial charge in [0.1, 0.15) is 0 Å². The maximum absolute atomic E-state index is 12.3. The van der Waals surface area contributed by atoms with Gasteiger partial charge in [0.05, 0.1) is 17.3 Å². The van der Waals surface area contributed by atoms with Crippen molar-refractivity contribution in [3.63, 3.8) is 0 Å². The Bertz CT molecular complexity index is 945. The molecule has 3 aromatic rings. The highest BCUT2D eigenvalue weighted by molar-refractivity contribution is 9.10. The number of hydrogen-bond acceptors (Lipinski definition) is 5. The zero-order valence-electron chi connectivity index (χ0n) is 11.3. The molecule has 0 radical (unpaired) electrons. The fourth-order valence-electron chi connectivity index (χ4n) is 2.02. The minimum Gasteiger partial charge on any atom is -0.504 e. The zero-order chi connectivity index (χ0) is 15.1. The number of methoxy groups -OCH3 is 1. The lowest BCUT2D eigenvalue weighted by molar-refractivity contribution is 0.373. The van der Waals surface area contributed by atoms with Crippen LogP contribution in [0.1, 0.15) is 11.3 Å². The van der Waals surface area contributed by atoms with Crippen LogP contribution in [0.4, 0.5) is 0 Å². The van der Waals surface area contributed by atoms with Crippen molar-refractivity contribution in [2.24, 2.45) is 0 Å². The van der Waals surface area contributed by atoms with Crippen LogP contribution in [0.25, 0.3) is 11.0 Å². The lowest BCUT2D eigenvalue weighted by Crippen LogP contribution is -2.22. The number of imidazole rings is 1. The third-order valence-corrected chi connectivity index (χ3v) is 4.68. The molecular weight excluding hydrogens is 356 g/mol. The molecule has 0 aliphatic carbocycles. The van der Waals surface area contributed by atoms with E-state index in [2.05, 4.69) is 20.9 Å². The molecule has 1 aromatic carbocycles. The third-order valence-electron chi connectivity index (χ3n) is 3.01. The molecule has 0 saturated carbocycles. The number of aryl methyl sites for hydroxylation is 1. The minimum absolute atomic E-state index is 0.0421. The van der Waals surface area contributed by atoms with Crippen molar-refractivity contribution in [3.8, 4) is 11.5 Å². The fraction of sp³-hybridized carbons (Fsp3) is 0.143. The second kappa shape index (κ2) is 5.16. The van der Waals surface area contributed by atoms with Crippen LogP contribution in [0, 0.1) is 6.92 Å². The third kappa shape index (κ3) is 2.43. The van der Waals surface area contributed by atoms with Crippen molar-refractivity contribution in [2.45, 2.75) is 6.92 Å². The van der Waals surface area contributed by atoms with Gasteiger partial charge in [0.15, 0.2) is 16.5 Å². The van der Waals surface area contributed by atoms with Crippen molar-refractivity contribution < 1.29 is 9.84 Å². The predicted octanol–water partition coefficient (Wildman–Crippen LogP) is 2.09. The summed E-state index contributed by atoms with van der Waals surface area (Å²) < 4.78 is 7.88. The fourth-order valence-corrected chi connectivity index (χ4v) is 3.46. The summed E-state index contributed by atoms with van der Waals surface area (Å²) in [5.41, 5.74) is 1.47. The molecule has 0 unspecified atom stereocenters. The first-order valence-electron chi connectivity index (χ1n) is 6.06. The molecule has 0 aliphatic heterocycles. The smallest absolute Gasteiger partial charge is 0.274 e. The van der Waals surface area contributed by atoms with Gasteiger partial charge in [0.25, 0.3) is 5.56 Å². The molecule has 0 spiro atoms. The normalized spacial score (nSPS) is 12.2. The average molecular weight is 367 g/mol. The molecule has 2 heterocycles. The summed E-state index contributed by atoms with van der Waals surface area (Å²) in [5, 5.41) is 9.71. The molecular formula is C14H11BrN2O3S. The first-order valence-corrected chi connectivity index (χ1v) is 7.67. The van der Waals surface area contributed by atoms with Gasteiger partial charge in [-0.25, -0.2) is 4.98 Å². The van der Waals surface area contributed by atoms with Crippen LogP contribution < -0.4 is 14.8 Å². The Kier molecular flexibility index (Phi) is 3.46. The zero-order valence-corrected chi connectivity index (χ0v) is 13.7. The maximum Gasteiger partial charge on any atom is 0.274 e. The van der Waals surface area contributed by atoms with Crippen LogP contribution in [-0.2, 0) is 0 Å². The highest BCUT2D eigenvalue weighted by Crippen LogP contribution is 2.32. The monoisotopic (exact) mass is 366 g/mol. The highest BCUT2D eigenvalue weighted by Gasteiger charge is 2.09. The summed E-state index contributed by atoms with van der Waals surface area (Å²) in [7, 11) is 1.48. The van der Waals surface area contributed by atoms with E-state index in [1.165, 1.54) is 28.9 Å². The molecule has 0 bridgehead atoms. The molecule has 3 rings (SSSR count). The van der Waals surface area contributed by atoms with E-state index in [0.717, 1.165) is 11.3 Å². The highest BCUT2D eigenvalue weighted by atomic mass is 79.9. The van der Waals surface area contributed by atoms with E-state index in [1.54, 1.807) is 18.3 Å². The standard InChI is InChI=1S/C14H11BrN2O3S/c1-7-6-17-13(19)12(21-14(17)16-7)4-8-3-11(20-2)10(18)5-9(8)15/h3-6,18H,1-2H3/b12-4-. The van der Waals surface area contributed by atoms with Gasteiger partial charge in [-0.15, -0.1) is 0 Å². The summed E-state index contributed by atoms with van der Waals surface area (Å²) >= 11 is 4.70. The Morgan fingerprint density at radius 3 is 2.90 bits per heavy atom. The van der Waals surface area contributed by atoms with Gasteiger partial charge in [-0.2, -0.15) is 0 Å². The van der Waals surface area contributed by atoms with Gasteiger partial charge < -0.3 is 9.84 Å². The van der Waals surface area contributed by atoms with Crippen molar-refractivity contribution in [1.29, 1.82) is 0 Å². The van der Waals surface area contributed by atoms with Crippen LogP contribution >= 0.6 is 27.3 Å². The Hall–Kier alpha value is -1.86. The quantitative estimate of drug-likeness (QED) is 0.754. The molecule has 108 valence electrons. The van der Waals surface area contributed by atoms with E-state index in [-0.39, 0.29) is 11.3 Å². The van der Waals surface area contributed by atoms with Crippen molar-refractivity contribution in [3.05, 3.63) is 48.9 Å². The van der Waals surface area contributed by atoms with E-state index in [4.69, 9.17) is 4.74 Å². The molecule has 0 atom stereocenters. The van der Waals surface area contributed by atoms with Crippen LogP contribution in [0.15, 0.2) is 27.6 Å². The van der Waals surface area contributed by atoms with Gasteiger partial charge in [-0.3, -0.25) is 9.20 Å². The van der Waals surface area contributed by atoms with E-state index in [0.29, 0.717) is 19.7 Å². The minimum atomic E-state index is -0.102. The van der Waals surface area contributed by atoms with Crippen LogP contribution in [0.3, 0.4) is 0 Å². The molecule has 7 heteroatoms. The van der Waals surface area contributed by atoms with Gasteiger partial charge in [-0.05, 0) is 30.7 Å². The first kappa shape index (κ1) is 14.1. The van der Waals surface area contributed by atoms with E-state index >= 15 is 0 Å². The topological polar surface area (TPSA) is 63.8 Å². The largest absolute Gasteiger partial charge is 0.504 e. The number of rotatable bonds is 2. The number of aromatic hydroxyl groups is 1. The number of benzene rings is 1. The average Bonchev–Trinajstić information content (AvgIpc) is 2.92. The number of fused-ring (bicyclic) bond motifs is 1. The molecule has 0 fully saturated rings. The molecule has 5 nitrogen and oxygen atoms in total. The van der Waals surface area contributed by atoms with Crippen LogP contribution in [-0.4, -0.2) is 21.6 Å². The lowest BCUT2D eigenvalue weighted by atomic mass is 10.2. The summed E-state index contributed by atoms with van der Waals surface area (Å²) in [6.45, 7) is 1.85. The predicted molar refractivity (Wildman–Crippen MR) is 85.2 cm³/mol. The number of ether oxygens (including phenoxy) is 1. The molecule has 21 heavy (non-hydrogen) atoms. The van der Waals surface area contributed by atoms with Crippen molar-refractivity contribution in [1.82, 2.24) is 9.38 Å². The van der Waals surface area contributed by atoms with Gasteiger partial charge >= 0.3 is 0 Å². The summed E-state index contributed by atoms with van der Waals surface area (Å²) in [6.07, 6.45) is 3.47. The molecule has 1 N–H and O–H groups in total. The number of nitrogens with zero attached hydrogens (tertiary/aromatic N) is 2. The number of thiazole rings is 1. The number of aromatic nitrogens is 2. The number of hydrogen-bond donors (Lipinski definition) is 1. The Morgan fingerprint density at radius 1 is 1.48 bits per heavy atom. The van der Waals surface area contributed by atoms with E-state index in [1.807, 2.05) is 6.92 Å². The first-order chi connectivity index (χ1) is 9.99.